The van der Waals surface area contributed by atoms with Gasteiger partial charge in [-0.25, -0.2) is 0 Å². The van der Waals surface area contributed by atoms with Crippen molar-refractivity contribution >= 4 is 17.3 Å². The second kappa shape index (κ2) is 9.88. The monoisotopic (exact) mass is 478 g/mol. The third-order valence-corrected chi connectivity index (χ3v) is 5.39. The largest absolute Gasteiger partial charge is 0.417 e. The molecule has 35 heavy (non-hydrogen) atoms. The number of carbonyl (C=O) groups is 1. The van der Waals surface area contributed by atoms with Crippen molar-refractivity contribution in [1.29, 1.82) is 10.5 Å². The molecule has 0 aliphatic rings. The van der Waals surface area contributed by atoms with Crippen LogP contribution >= 0.6 is 0 Å². The molecule has 9 heteroatoms. The maximum absolute atomic E-state index is 13.2. The first-order chi connectivity index (χ1) is 16.5. The van der Waals surface area contributed by atoms with Gasteiger partial charge in [0, 0.05) is 24.0 Å². The maximum atomic E-state index is 13.2. The lowest BCUT2D eigenvalue weighted by Gasteiger charge is -2.30. The van der Waals surface area contributed by atoms with Crippen molar-refractivity contribution < 1.29 is 23.1 Å². The molecule has 0 bridgehead atoms. The molecule has 6 nitrogen and oxygen atoms in total. The van der Waals surface area contributed by atoms with E-state index < -0.39 is 28.8 Å². The molecule has 1 amide bonds. The molecular formula is C26H21F3N4O2. The lowest BCUT2D eigenvalue weighted by atomic mass is 9.98. The third-order valence-electron chi connectivity index (χ3n) is 5.39. The molecule has 178 valence electrons. The van der Waals surface area contributed by atoms with Gasteiger partial charge in [0.05, 0.1) is 35.4 Å². The minimum absolute atomic E-state index is 0.193. The number of amides is 1. The van der Waals surface area contributed by atoms with Crippen molar-refractivity contribution in [3.05, 3.63) is 83.4 Å². The summed E-state index contributed by atoms with van der Waals surface area (Å²) in [6, 6.07) is 20.7. The molecular weight excluding hydrogens is 457 g/mol. The average Bonchev–Trinajstić information content (AvgIpc) is 2.83. The Bertz CT molecular complexity index is 1320. The quantitative estimate of drug-likeness (QED) is 0.523. The summed E-state index contributed by atoms with van der Waals surface area (Å²) in [6.45, 7) is 1.05. The van der Waals surface area contributed by atoms with Gasteiger partial charge in [-0.05, 0) is 48.9 Å². The molecule has 2 N–H and O–H groups in total. The van der Waals surface area contributed by atoms with Crippen LogP contribution < -0.4 is 10.2 Å². The van der Waals surface area contributed by atoms with Crippen LogP contribution in [0.2, 0.25) is 0 Å². The van der Waals surface area contributed by atoms with E-state index in [1.807, 2.05) is 30.3 Å². The van der Waals surface area contributed by atoms with Gasteiger partial charge in [-0.15, -0.1) is 0 Å². The van der Waals surface area contributed by atoms with E-state index >= 15 is 0 Å². The Morgan fingerprint density at radius 2 is 1.63 bits per heavy atom. The summed E-state index contributed by atoms with van der Waals surface area (Å²) in [5, 5.41) is 31.5. The Balaban J connectivity index is 1.81. The molecule has 0 fully saturated rings. The zero-order valence-corrected chi connectivity index (χ0v) is 18.9. The molecule has 0 saturated heterocycles. The molecule has 3 rings (SSSR count). The topological polar surface area (TPSA) is 100 Å². The van der Waals surface area contributed by atoms with Crippen molar-refractivity contribution in [2.45, 2.75) is 18.7 Å². The number of likely N-dealkylation sites (N-methyl/N-ethyl adjacent to an activating group) is 1. The van der Waals surface area contributed by atoms with Gasteiger partial charge in [-0.1, -0.05) is 30.3 Å². The summed E-state index contributed by atoms with van der Waals surface area (Å²) < 4.78 is 39.6. The van der Waals surface area contributed by atoms with Crippen molar-refractivity contribution in [2.24, 2.45) is 0 Å². The highest BCUT2D eigenvalue weighted by Crippen LogP contribution is 2.34. The molecule has 0 aromatic heterocycles. The van der Waals surface area contributed by atoms with Crippen LogP contribution in [0.15, 0.2) is 66.7 Å². The van der Waals surface area contributed by atoms with E-state index in [9.17, 15) is 28.3 Å². The zero-order valence-electron chi connectivity index (χ0n) is 18.9. The third kappa shape index (κ3) is 5.78. The first kappa shape index (κ1) is 25.3. The second-order valence-corrected chi connectivity index (χ2v) is 8.16. The first-order valence-corrected chi connectivity index (χ1v) is 10.4. The summed E-state index contributed by atoms with van der Waals surface area (Å²) in [5.41, 5.74) is -1.36. The number of rotatable bonds is 6. The van der Waals surface area contributed by atoms with Crippen LogP contribution in [0.25, 0.3) is 11.1 Å². The van der Waals surface area contributed by atoms with E-state index in [0.717, 1.165) is 17.7 Å². The van der Waals surface area contributed by atoms with Gasteiger partial charge in [0.25, 0.3) is 5.91 Å². The minimum atomic E-state index is -4.78. The smallest absolute Gasteiger partial charge is 0.378 e. The fourth-order valence-corrected chi connectivity index (χ4v) is 3.57. The van der Waals surface area contributed by atoms with E-state index in [0.29, 0.717) is 22.9 Å². The number of carbonyl (C=O) groups excluding carboxylic acids is 1. The van der Waals surface area contributed by atoms with Crippen molar-refractivity contribution in [3.8, 4) is 23.3 Å². The Hall–Kier alpha value is -4.34. The minimum Gasteiger partial charge on any atom is -0.378 e. The molecule has 0 radical (unpaired) electrons. The Kier molecular flexibility index (Phi) is 7.14. The van der Waals surface area contributed by atoms with E-state index in [4.69, 9.17) is 5.26 Å². The number of anilines is 2. The van der Waals surface area contributed by atoms with Crippen LogP contribution in [0.4, 0.5) is 24.5 Å². The molecule has 3 aromatic carbocycles. The number of nitrogens with one attached hydrogen (secondary N) is 1. The number of hydrogen-bond acceptors (Lipinski definition) is 5. The molecule has 1 unspecified atom stereocenters. The van der Waals surface area contributed by atoms with Gasteiger partial charge >= 0.3 is 6.18 Å². The molecule has 0 aliphatic carbocycles. The summed E-state index contributed by atoms with van der Waals surface area (Å²) >= 11 is 0. The van der Waals surface area contributed by atoms with E-state index in [1.165, 1.54) is 13.0 Å². The zero-order chi connectivity index (χ0) is 25.8. The van der Waals surface area contributed by atoms with E-state index in [1.54, 1.807) is 30.1 Å². The highest BCUT2D eigenvalue weighted by molar-refractivity contribution is 5.97. The Morgan fingerprint density at radius 3 is 2.23 bits per heavy atom. The average molecular weight is 478 g/mol. The Morgan fingerprint density at radius 1 is 1.00 bits per heavy atom. The molecule has 0 saturated carbocycles. The van der Waals surface area contributed by atoms with Crippen LogP contribution in [0.1, 0.15) is 23.6 Å². The van der Waals surface area contributed by atoms with Crippen LogP contribution in [0, 0.1) is 22.7 Å². The fraction of sp³-hybridized carbons (Fsp3) is 0.192. The summed E-state index contributed by atoms with van der Waals surface area (Å²) in [5.74, 6) is -0.917. The normalized spacial score (nSPS) is 12.7. The van der Waals surface area contributed by atoms with Gasteiger partial charge in [0.1, 0.15) is 0 Å². The number of halogens is 3. The first-order valence-electron chi connectivity index (χ1n) is 10.4. The van der Waals surface area contributed by atoms with E-state index in [2.05, 4.69) is 11.4 Å². The van der Waals surface area contributed by atoms with Crippen LogP contribution in [0.3, 0.4) is 0 Å². The van der Waals surface area contributed by atoms with Crippen molar-refractivity contribution in [1.82, 2.24) is 0 Å². The number of aliphatic hydroxyl groups is 1. The van der Waals surface area contributed by atoms with E-state index in [-0.39, 0.29) is 12.2 Å². The lowest BCUT2D eigenvalue weighted by Crippen LogP contribution is -2.48. The highest BCUT2D eigenvalue weighted by Gasteiger charge is 2.35. The standard InChI is InChI=1S/C26H21F3N4O2/c1-25(35,24(34)32-20-10-8-19(15-31)23(12-20)26(27,28)29)16-33(2)21-11-9-18(14-30)22(13-21)17-6-4-3-5-7-17/h3-13,35H,16H2,1-2H3,(H,32,34). The van der Waals surface area contributed by atoms with Gasteiger partial charge in [-0.2, -0.15) is 23.7 Å². The summed E-state index contributed by atoms with van der Waals surface area (Å²) in [6.07, 6.45) is -4.78. The number of benzene rings is 3. The van der Waals surface area contributed by atoms with Gasteiger partial charge in [0.15, 0.2) is 5.60 Å². The summed E-state index contributed by atoms with van der Waals surface area (Å²) in [4.78, 5) is 14.3. The van der Waals surface area contributed by atoms with Gasteiger partial charge in [0.2, 0.25) is 0 Å². The van der Waals surface area contributed by atoms with Crippen LogP contribution in [-0.2, 0) is 11.0 Å². The molecule has 0 spiro atoms. The van der Waals surface area contributed by atoms with Gasteiger partial charge < -0.3 is 15.3 Å². The van der Waals surface area contributed by atoms with Crippen LogP contribution in [0.5, 0.6) is 0 Å². The molecule has 1 atom stereocenters. The molecule has 0 aliphatic heterocycles. The SMILES string of the molecule is CN(CC(C)(O)C(=O)Nc1ccc(C#N)c(C(F)(F)F)c1)c1ccc(C#N)c(-c2ccccc2)c1. The second-order valence-electron chi connectivity index (χ2n) is 8.16. The maximum Gasteiger partial charge on any atom is 0.417 e. The predicted octanol–water partition coefficient (Wildman–Crippen LogP) is 4.94. The van der Waals surface area contributed by atoms with Crippen molar-refractivity contribution in [3.63, 3.8) is 0 Å². The fourth-order valence-electron chi connectivity index (χ4n) is 3.57. The number of nitriles is 2. The summed E-state index contributed by atoms with van der Waals surface area (Å²) in [7, 11) is 1.64. The molecule has 0 heterocycles. The van der Waals surface area contributed by atoms with Crippen molar-refractivity contribution in [2.75, 3.05) is 23.8 Å². The highest BCUT2D eigenvalue weighted by atomic mass is 19.4. The number of alkyl halides is 3. The Labute approximate surface area is 200 Å². The van der Waals surface area contributed by atoms with Gasteiger partial charge in [-0.3, -0.25) is 4.79 Å². The predicted molar refractivity (Wildman–Crippen MR) is 125 cm³/mol. The molecule has 3 aromatic rings. The lowest BCUT2D eigenvalue weighted by molar-refractivity contribution is -0.138. The number of nitrogens with zero attached hydrogens (tertiary/aromatic N) is 3. The number of hydrogen-bond donors (Lipinski definition) is 2. The van der Waals surface area contributed by atoms with Crippen LogP contribution in [-0.4, -0.2) is 30.2 Å².